The lowest BCUT2D eigenvalue weighted by atomic mass is 10.0. The SMILES string of the molecule is COc1cc2nccc(Oc3ccc4c(C(=O)Nc5ccsc5C(C)=O)cccc4c3)c2cc1OC. The third-order valence-electron chi connectivity index (χ3n) is 5.76. The molecular formula is C28H22N2O5S. The number of amides is 1. The highest BCUT2D eigenvalue weighted by Gasteiger charge is 2.16. The number of methoxy groups -OCH3 is 2. The number of ether oxygens (including phenoxy) is 3. The molecule has 2 heterocycles. The first kappa shape index (κ1) is 23.3. The van der Waals surface area contributed by atoms with Crippen LogP contribution in [0.25, 0.3) is 21.7 Å². The van der Waals surface area contributed by atoms with E-state index in [0.717, 1.165) is 16.2 Å². The van der Waals surface area contributed by atoms with Crippen molar-refractivity contribution in [3.8, 4) is 23.0 Å². The van der Waals surface area contributed by atoms with E-state index in [1.54, 1.807) is 50.1 Å². The number of Topliss-reactive ketones (excluding diaryl/α,β-unsaturated/α-hetero) is 1. The first-order chi connectivity index (χ1) is 17.5. The van der Waals surface area contributed by atoms with Gasteiger partial charge >= 0.3 is 0 Å². The number of carbonyl (C=O) groups excluding carboxylic acids is 2. The zero-order valence-corrected chi connectivity index (χ0v) is 20.6. The summed E-state index contributed by atoms with van der Waals surface area (Å²) in [4.78, 5) is 29.8. The molecule has 0 radical (unpaired) electrons. The molecule has 0 bridgehead atoms. The van der Waals surface area contributed by atoms with Gasteiger partial charge in [-0.15, -0.1) is 11.3 Å². The predicted octanol–water partition coefficient (Wildman–Crippen LogP) is 6.71. The Balaban J connectivity index is 1.47. The molecule has 5 rings (SSSR count). The number of thiophene rings is 1. The summed E-state index contributed by atoms with van der Waals surface area (Å²) in [5.41, 5.74) is 1.74. The van der Waals surface area contributed by atoms with Crippen LogP contribution in [-0.2, 0) is 0 Å². The lowest BCUT2D eigenvalue weighted by molar-refractivity contribution is 0.102. The Kier molecular flexibility index (Phi) is 6.26. The number of fused-ring (bicyclic) bond motifs is 2. The summed E-state index contributed by atoms with van der Waals surface area (Å²) in [6.07, 6.45) is 1.67. The van der Waals surface area contributed by atoms with Crippen molar-refractivity contribution >= 4 is 50.4 Å². The first-order valence-electron chi connectivity index (χ1n) is 11.1. The summed E-state index contributed by atoms with van der Waals surface area (Å²) in [5.74, 6) is 2.03. The minimum absolute atomic E-state index is 0.0836. The summed E-state index contributed by atoms with van der Waals surface area (Å²) in [5, 5.41) is 7.04. The minimum atomic E-state index is -0.281. The van der Waals surface area contributed by atoms with Crippen molar-refractivity contribution in [3.63, 3.8) is 0 Å². The highest BCUT2D eigenvalue weighted by atomic mass is 32.1. The molecule has 5 aromatic rings. The van der Waals surface area contributed by atoms with Crippen molar-refractivity contribution in [1.82, 2.24) is 4.98 Å². The molecule has 0 spiro atoms. The Morgan fingerprint density at radius 3 is 2.47 bits per heavy atom. The number of aromatic nitrogens is 1. The van der Waals surface area contributed by atoms with Gasteiger partial charge in [0.25, 0.3) is 5.91 Å². The normalized spacial score (nSPS) is 10.9. The number of benzene rings is 3. The second kappa shape index (κ2) is 9.67. The van der Waals surface area contributed by atoms with Gasteiger partial charge in [0.15, 0.2) is 17.3 Å². The summed E-state index contributed by atoms with van der Waals surface area (Å²) < 4.78 is 17.0. The van der Waals surface area contributed by atoms with E-state index in [1.165, 1.54) is 18.3 Å². The number of nitrogens with one attached hydrogen (secondary N) is 1. The number of anilines is 1. The molecule has 36 heavy (non-hydrogen) atoms. The maximum atomic E-state index is 13.1. The van der Waals surface area contributed by atoms with Crippen LogP contribution in [0.3, 0.4) is 0 Å². The van der Waals surface area contributed by atoms with E-state index >= 15 is 0 Å². The Labute approximate surface area is 211 Å². The lowest BCUT2D eigenvalue weighted by Gasteiger charge is -2.13. The fourth-order valence-corrected chi connectivity index (χ4v) is 4.81. The number of nitrogens with zero attached hydrogens (tertiary/aromatic N) is 1. The van der Waals surface area contributed by atoms with Crippen LogP contribution >= 0.6 is 11.3 Å². The fraction of sp³-hybridized carbons (Fsp3) is 0.107. The number of rotatable bonds is 7. The van der Waals surface area contributed by atoms with Crippen LogP contribution in [0.5, 0.6) is 23.0 Å². The molecule has 1 N–H and O–H groups in total. The molecule has 7 nitrogen and oxygen atoms in total. The average molecular weight is 499 g/mol. The molecule has 0 aliphatic rings. The van der Waals surface area contributed by atoms with E-state index in [4.69, 9.17) is 14.2 Å². The van der Waals surface area contributed by atoms with Gasteiger partial charge in [-0.05, 0) is 58.6 Å². The van der Waals surface area contributed by atoms with Gasteiger partial charge in [0.1, 0.15) is 11.5 Å². The van der Waals surface area contributed by atoms with Gasteiger partial charge in [0.2, 0.25) is 0 Å². The maximum absolute atomic E-state index is 13.1. The molecule has 0 saturated carbocycles. The van der Waals surface area contributed by atoms with Crippen LogP contribution in [0.4, 0.5) is 5.69 Å². The standard InChI is InChI=1S/C28H22N2O5S/c1-16(31)27-22(10-12-36-27)30-28(32)20-6-4-5-17-13-18(7-8-19(17)20)35-24-9-11-29-23-15-26(34-3)25(33-2)14-21(23)24/h4-15H,1-3H3,(H,30,32). The van der Waals surface area contributed by atoms with Crippen molar-refractivity contribution in [2.45, 2.75) is 6.92 Å². The smallest absolute Gasteiger partial charge is 0.256 e. The van der Waals surface area contributed by atoms with Crippen LogP contribution in [0.1, 0.15) is 27.0 Å². The van der Waals surface area contributed by atoms with Crippen molar-refractivity contribution in [3.05, 3.63) is 82.7 Å². The van der Waals surface area contributed by atoms with Gasteiger partial charge in [-0.1, -0.05) is 12.1 Å². The van der Waals surface area contributed by atoms with Crippen LogP contribution in [0, 0.1) is 0 Å². The summed E-state index contributed by atoms with van der Waals surface area (Å²) >= 11 is 1.31. The molecule has 0 unspecified atom stereocenters. The fourth-order valence-electron chi connectivity index (χ4n) is 4.06. The predicted molar refractivity (Wildman–Crippen MR) is 141 cm³/mol. The zero-order valence-electron chi connectivity index (χ0n) is 19.8. The summed E-state index contributed by atoms with van der Waals surface area (Å²) in [6.45, 7) is 1.49. The molecule has 1 amide bonds. The largest absolute Gasteiger partial charge is 0.493 e. The maximum Gasteiger partial charge on any atom is 0.256 e. The first-order valence-corrected chi connectivity index (χ1v) is 12.0. The van der Waals surface area contributed by atoms with E-state index in [1.807, 2.05) is 36.4 Å². The molecule has 0 aliphatic carbocycles. The Morgan fingerprint density at radius 1 is 0.889 bits per heavy atom. The third kappa shape index (κ3) is 4.34. The monoisotopic (exact) mass is 498 g/mol. The highest BCUT2D eigenvalue weighted by Crippen LogP contribution is 2.37. The second-order valence-electron chi connectivity index (χ2n) is 8.00. The van der Waals surface area contributed by atoms with Crippen LogP contribution in [0.15, 0.2) is 72.2 Å². The van der Waals surface area contributed by atoms with Crippen LogP contribution < -0.4 is 19.5 Å². The van der Waals surface area contributed by atoms with E-state index in [-0.39, 0.29) is 11.7 Å². The van der Waals surface area contributed by atoms with Crippen molar-refractivity contribution in [1.29, 1.82) is 0 Å². The number of pyridine rings is 1. The van der Waals surface area contributed by atoms with Gasteiger partial charge in [-0.3, -0.25) is 14.6 Å². The van der Waals surface area contributed by atoms with E-state index in [0.29, 0.717) is 44.6 Å². The molecule has 0 atom stereocenters. The zero-order chi connectivity index (χ0) is 25.2. The average Bonchev–Trinajstić information content (AvgIpc) is 3.36. The van der Waals surface area contributed by atoms with E-state index in [2.05, 4.69) is 10.3 Å². The van der Waals surface area contributed by atoms with Gasteiger partial charge in [0, 0.05) is 30.1 Å². The Morgan fingerprint density at radius 2 is 1.69 bits per heavy atom. The molecule has 0 fully saturated rings. The van der Waals surface area contributed by atoms with Gasteiger partial charge in [0.05, 0.1) is 30.3 Å². The Hall–Kier alpha value is -4.43. The molecular weight excluding hydrogens is 476 g/mol. The van der Waals surface area contributed by atoms with Crippen LogP contribution in [-0.4, -0.2) is 30.9 Å². The van der Waals surface area contributed by atoms with Gasteiger partial charge < -0.3 is 19.5 Å². The topological polar surface area (TPSA) is 86.8 Å². The summed E-state index contributed by atoms with van der Waals surface area (Å²) in [7, 11) is 3.16. The van der Waals surface area contributed by atoms with E-state index < -0.39 is 0 Å². The molecule has 0 saturated heterocycles. The molecule has 0 aliphatic heterocycles. The number of carbonyl (C=O) groups is 2. The Bertz CT molecular complexity index is 1630. The van der Waals surface area contributed by atoms with Gasteiger partial charge in [-0.25, -0.2) is 0 Å². The van der Waals surface area contributed by atoms with Gasteiger partial charge in [-0.2, -0.15) is 0 Å². The molecule has 2 aromatic heterocycles. The highest BCUT2D eigenvalue weighted by molar-refractivity contribution is 7.12. The lowest BCUT2D eigenvalue weighted by Crippen LogP contribution is -2.13. The molecule has 3 aromatic carbocycles. The van der Waals surface area contributed by atoms with Crippen molar-refractivity contribution < 1.29 is 23.8 Å². The number of hydrogen-bond acceptors (Lipinski definition) is 7. The molecule has 180 valence electrons. The van der Waals surface area contributed by atoms with Crippen LogP contribution in [0.2, 0.25) is 0 Å². The minimum Gasteiger partial charge on any atom is -0.493 e. The van der Waals surface area contributed by atoms with Crippen molar-refractivity contribution in [2.75, 3.05) is 19.5 Å². The quantitative estimate of drug-likeness (QED) is 0.251. The third-order valence-corrected chi connectivity index (χ3v) is 6.78. The number of ketones is 1. The number of hydrogen-bond donors (Lipinski definition) is 1. The second-order valence-corrected chi connectivity index (χ2v) is 8.91. The van der Waals surface area contributed by atoms with E-state index in [9.17, 15) is 9.59 Å². The summed E-state index contributed by atoms with van der Waals surface area (Å²) in [6, 6.07) is 18.2. The van der Waals surface area contributed by atoms with Crippen molar-refractivity contribution in [2.24, 2.45) is 0 Å². The molecule has 8 heteroatoms.